The van der Waals surface area contributed by atoms with Gasteiger partial charge < -0.3 is 33.5 Å². The number of hydrogen-bond donors (Lipinski definition) is 1. The molecule has 11 nitrogen and oxygen atoms in total. The van der Waals surface area contributed by atoms with Gasteiger partial charge in [-0.1, -0.05) is 0 Å². The topological polar surface area (TPSA) is 118 Å². The summed E-state index contributed by atoms with van der Waals surface area (Å²) >= 11 is 1.34. The van der Waals surface area contributed by atoms with E-state index in [0.29, 0.717) is 18.0 Å². The van der Waals surface area contributed by atoms with Gasteiger partial charge in [0.05, 0.1) is 25.9 Å². The Labute approximate surface area is 202 Å². The van der Waals surface area contributed by atoms with E-state index in [1.807, 2.05) is 27.7 Å². The summed E-state index contributed by atoms with van der Waals surface area (Å²) in [5.74, 6) is -1.99. The van der Waals surface area contributed by atoms with Gasteiger partial charge in [0.15, 0.2) is 23.5 Å². The molecule has 0 radical (unpaired) electrons. The van der Waals surface area contributed by atoms with Crippen molar-refractivity contribution < 1.29 is 43.2 Å². The highest BCUT2D eigenvalue weighted by atomic mass is 32.1. The molecule has 0 spiro atoms. The lowest BCUT2D eigenvalue weighted by Crippen LogP contribution is -2.43. The molecule has 12 heteroatoms. The monoisotopic (exact) mass is 500 g/mol. The molecule has 5 heterocycles. The van der Waals surface area contributed by atoms with Crippen LogP contribution >= 0.6 is 11.3 Å². The first-order valence-electron chi connectivity index (χ1n) is 11.6. The Morgan fingerprint density at radius 2 is 1.97 bits per heavy atom. The molecule has 1 aromatic rings. The van der Waals surface area contributed by atoms with Crippen LogP contribution < -0.4 is 0 Å². The van der Waals surface area contributed by atoms with Crippen molar-refractivity contribution >= 4 is 17.3 Å². The minimum Gasteiger partial charge on any atom is -0.461 e. The second-order valence-corrected chi connectivity index (χ2v) is 10.6. The average Bonchev–Trinajstić information content (AvgIpc) is 3.55. The van der Waals surface area contributed by atoms with Crippen LogP contribution in [0.5, 0.6) is 0 Å². The van der Waals surface area contributed by atoms with E-state index >= 15 is 0 Å². The summed E-state index contributed by atoms with van der Waals surface area (Å²) in [4.78, 5) is 22.8. The molecule has 0 aromatic carbocycles. The summed E-state index contributed by atoms with van der Waals surface area (Å²) in [7, 11) is 0. The van der Waals surface area contributed by atoms with E-state index in [0.717, 1.165) is 0 Å². The highest BCUT2D eigenvalue weighted by Gasteiger charge is 2.62. The third-order valence-corrected chi connectivity index (χ3v) is 7.22. The summed E-state index contributed by atoms with van der Waals surface area (Å²) in [6, 6.07) is -0.348. The molecule has 4 saturated heterocycles. The zero-order valence-electron chi connectivity index (χ0n) is 20.0. The van der Waals surface area contributed by atoms with Crippen LogP contribution in [0.15, 0.2) is 5.38 Å². The maximum atomic E-state index is 12.1. The van der Waals surface area contributed by atoms with Crippen molar-refractivity contribution in [3.05, 3.63) is 16.1 Å². The van der Waals surface area contributed by atoms with Crippen molar-refractivity contribution in [2.75, 3.05) is 19.8 Å². The molecule has 34 heavy (non-hydrogen) atoms. The van der Waals surface area contributed by atoms with E-state index in [4.69, 9.17) is 33.3 Å². The summed E-state index contributed by atoms with van der Waals surface area (Å²) < 4.78 is 35.9. The van der Waals surface area contributed by atoms with Gasteiger partial charge in [-0.2, -0.15) is 0 Å². The van der Waals surface area contributed by atoms with E-state index < -0.39 is 48.2 Å². The molecule has 4 aliphatic heterocycles. The van der Waals surface area contributed by atoms with E-state index in [1.54, 1.807) is 17.4 Å². The molecule has 0 bridgehead atoms. The number of aliphatic hydroxyl groups excluding tert-OH is 1. The fraction of sp³-hybridized carbons (Fsp3) is 0.818. The van der Waals surface area contributed by atoms with E-state index in [2.05, 4.69) is 4.98 Å². The number of rotatable bonds is 6. The second-order valence-electron chi connectivity index (χ2n) is 9.74. The molecular weight excluding hydrogens is 468 g/mol. The van der Waals surface area contributed by atoms with Crippen LogP contribution in [0.1, 0.15) is 62.6 Å². The number of hydroxylamine groups is 2. The lowest BCUT2D eigenvalue weighted by Gasteiger charge is -2.32. The first-order valence-corrected chi connectivity index (χ1v) is 12.5. The molecule has 0 aliphatic carbocycles. The van der Waals surface area contributed by atoms with Gasteiger partial charge >= 0.3 is 5.97 Å². The maximum Gasteiger partial charge on any atom is 0.357 e. The third-order valence-electron chi connectivity index (χ3n) is 6.27. The van der Waals surface area contributed by atoms with Crippen LogP contribution in [-0.4, -0.2) is 89.3 Å². The molecule has 1 N–H and O–H groups in total. The molecule has 4 fully saturated rings. The predicted octanol–water partition coefficient (Wildman–Crippen LogP) is 1.76. The standard InChI is InChI=1S/C22H32N2O9S/c1-6-27-20(26)12-10-34-18(23-12)13-7-11(8-25)33-24(13)19-17-16(31-22(4,5)32-17)15(29-19)14-9-28-21(2,3)30-14/h10-11,13-17,19,25H,6-9H2,1-5H3/t11?,13?,14-,15-,16+,17+,19+/m1/s1. The molecule has 2 unspecified atom stereocenters. The number of aromatic nitrogens is 1. The fourth-order valence-corrected chi connectivity index (χ4v) is 5.81. The summed E-state index contributed by atoms with van der Waals surface area (Å²) in [5, 5.41) is 13.9. The number of aliphatic hydroxyl groups is 1. The van der Waals surface area contributed by atoms with Crippen LogP contribution in [0.2, 0.25) is 0 Å². The Morgan fingerprint density at radius 1 is 1.21 bits per heavy atom. The van der Waals surface area contributed by atoms with E-state index in [9.17, 15) is 9.90 Å². The Hall–Kier alpha value is -1.22. The van der Waals surface area contributed by atoms with Gasteiger partial charge in [-0.05, 0) is 34.6 Å². The molecule has 1 aromatic heterocycles. The van der Waals surface area contributed by atoms with Gasteiger partial charge in [0.25, 0.3) is 0 Å². The molecule has 4 aliphatic rings. The third kappa shape index (κ3) is 4.51. The molecular formula is C22H32N2O9S. The first kappa shape index (κ1) is 24.5. The maximum absolute atomic E-state index is 12.1. The minimum atomic E-state index is -0.811. The summed E-state index contributed by atoms with van der Waals surface area (Å²) in [5.41, 5.74) is 0.248. The number of hydrogen-bond acceptors (Lipinski definition) is 12. The highest BCUT2D eigenvalue weighted by molar-refractivity contribution is 7.09. The van der Waals surface area contributed by atoms with Crippen LogP contribution in [-0.2, 0) is 33.3 Å². The van der Waals surface area contributed by atoms with Crippen molar-refractivity contribution in [1.29, 1.82) is 0 Å². The molecule has 7 atom stereocenters. The first-order chi connectivity index (χ1) is 16.1. The number of nitrogens with zero attached hydrogens (tertiary/aromatic N) is 2. The molecule has 5 rings (SSSR count). The van der Waals surface area contributed by atoms with Gasteiger partial charge in [-0.3, -0.25) is 4.84 Å². The normalized spacial score (nSPS) is 38.9. The average molecular weight is 501 g/mol. The van der Waals surface area contributed by atoms with E-state index in [1.165, 1.54) is 11.3 Å². The van der Waals surface area contributed by atoms with Crippen molar-refractivity contribution in [2.24, 2.45) is 0 Å². The van der Waals surface area contributed by atoms with Gasteiger partial charge in [0.1, 0.15) is 35.5 Å². The quantitative estimate of drug-likeness (QED) is 0.576. The lowest BCUT2D eigenvalue weighted by molar-refractivity contribution is -0.294. The fourth-order valence-electron chi connectivity index (χ4n) is 4.92. The van der Waals surface area contributed by atoms with Crippen molar-refractivity contribution in [3.8, 4) is 0 Å². The molecule has 190 valence electrons. The largest absolute Gasteiger partial charge is 0.461 e. The van der Waals surface area contributed by atoms with Crippen LogP contribution in [0.4, 0.5) is 0 Å². The number of carbonyl (C=O) groups excluding carboxylic acids is 1. The van der Waals surface area contributed by atoms with Crippen LogP contribution in [0.3, 0.4) is 0 Å². The van der Waals surface area contributed by atoms with Gasteiger partial charge in [-0.25, -0.2) is 9.78 Å². The Kier molecular flexibility index (Phi) is 6.49. The number of fused-ring (bicyclic) bond motifs is 1. The smallest absolute Gasteiger partial charge is 0.357 e. The van der Waals surface area contributed by atoms with Crippen LogP contribution in [0.25, 0.3) is 0 Å². The summed E-state index contributed by atoms with van der Waals surface area (Å²) in [6.07, 6.45) is -2.24. The Morgan fingerprint density at radius 3 is 2.65 bits per heavy atom. The zero-order valence-corrected chi connectivity index (χ0v) is 20.8. The number of esters is 1. The lowest BCUT2D eigenvalue weighted by atomic mass is 10.1. The highest BCUT2D eigenvalue weighted by Crippen LogP contribution is 2.47. The van der Waals surface area contributed by atoms with Crippen molar-refractivity contribution in [2.45, 2.75) is 95.4 Å². The van der Waals surface area contributed by atoms with Crippen molar-refractivity contribution in [1.82, 2.24) is 10.0 Å². The van der Waals surface area contributed by atoms with Gasteiger partial charge in [0, 0.05) is 11.8 Å². The predicted molar refractivity (Wildman–Crippen MR) is 117 cm³/mol. The van der Waals surface area contributed by atoms with E-state index in [-0.39, 0.29) is 31.1 Å². The molecule has 0 saturated carbocycles. The Balaban J connectivity index is 1.41. The number of ether oxygens (including phenoxy) is 6. The number of carbonyl (C=O) groups is 1. The second kappa shape index (κ2) is 9.02. The van der Waals surface area contributed by atoms with Crippen LogP contribution in [0, 0.1) is 0 Å². The SMILES string of the molecule is CCOC(=O)c1csc(C2CC(CO)ON2[C@H]2O[C@H]([C@H]3COC(C)(C)O3)[C@@H]3OC(C)(C)O[C@@H]32)n1. The summed E-state index contributed by atoms with van der Waals surface area (Å²) in [6.45, 7) is 9.68. The van der Waals surface area contributed by atoms with Crippen molar-refractivity contribution in [3.63, 3.8) is 0 Å². The minimum absolute atomic E-state index is 0.163. The molecule has 0 amide bonds. The van der Waals surface area contributed by atoms with Gasteiger partial charge in [0.2, 0.25) is 0 Å². The number of thiazole rings is 1. The zero-order chi connectivity index (χ0) is 24.3. The van der Waals surface area contributed by atoms with Gasteiger partial charge in [-0.15, -0.1) is 16.4 Å². The Bertz CT molecular complexity index is 909.